The van der Waals surface area contributed by atoms with Crippen molar-refractivity contribution in [1.29, 1.82) is 0 Å². The molecule has 1 N–H and O–H groups in total. The third kappa shape index (κ3) is 2.99. The molecule has 2 aliphatic carbocycles. The van der Waals surface area contributed by atoms with Crippen LogP contribution in [0.25, 0.3) is 0 Å². The SMILES string of the molecule is C=C[C@@H]1C[C@@H]1C(=O)NSOC1=C(C)CCC=C1C. The van der Waals surface area contributed by atoms with E-state index in [9.17, 15) is 4.79 Å². The third-order valence-corrected chi connectivity index (χ3v) is 4.00. The molecule has 0 aromatic rings. The fourth-order valence-corrected chi connectivity index (χ4v) is 2.77. The van der Waals surface area contributed by atoms with Crippen LogP contribution in [0.15, 0.2) is 35.6 Å². The minimum absolute atomic E-state index is 0.0422. The molecule has 4 heteroatoms. The molecule has 0 bridgehead atoms. The van der Waals surface area contributed by atoms with Crippen LogP contribution in [-0.2, 0) is 8.98 Å². The van der Waals surface area contributed by atoms with Gasteiger partial charge in [0.15, 0.2) is 12.2 Å². The van der Waals surface area contributed by atoms with E-state index in [1.807, 2.05) is 13.0 Å². The highest BCUT2D eigenvalue weighted by Gasteiger charge is 2.40. The van der Waals surface area contributed by atoms with E-state index in [4.69, 9.17) is 4.18 Å². The molecule has 1 saturated carbocycles. The number of allylic oxidation sites excluding steroid dienone is 4. The first kappa shape index (κ1) is 13.3. The van der Waals surface area contributed by atoms with E-state index >= 15 is 0 Å². The molecule has 3 nitrogen and oxygen atoms in total. The van der Waals surface area contributed by atoms with Gasteiger partial charge in [-0.3, -0.25) is 9.52 Å². The van der Waals surface area contributed by atoms with Crippen molar-refractivity contribution in [2.45, 2.75) is 33.1 Å². The predicted molar refractivity (Wildman–Crippen MR) is 74.3 cm³/mol. The monoisotopic (exact) mass is 265 g/mol. The maximum Gasteiger partial charge on any atom is 0.236 e. The summed E-state index contributed by atoms with van der Waals surface area (Å²) in [6.45, 7) is 7.80. The van der Waals surface area contributed by atoms with Gasteiger partial charge in [0.2, 0.25) is 5.91 Å². The van der Waals surface area contributed by atoms with Crippen molar-refractivity contribution in [3.63, 3.8) is 0 Å². The Morgan fingerprint density at radius 3 is 3.00 bits per heavy atom. The lowest BCUT2D eigenvalue weighted by molar-refractivity contribution is -0.120. The van der Waals surface area contributed by atoms with Gasteiger partial charge < -0.3 is 4.18 Å². The molecule has 0 aromatic carbocycles. The molecular formula is C14H19NO2S. The minimum atomic E-state index is 0.0422. The van der Waals surface area contributed by atoms with Crippen LogP contribution in [0.1, 0.15) is 33.1 Å². The third-order valence-electron chi connectivity index (χ3n) is 3.46. The summed E-state index contributed by atoms with van der Waals surface area (Å²) in [6.07, 6.45) is 7.03. The average molecular weight is 265 g/mol. The second-order valence-corrected chi connectivity index (χ2v) is 5.45. The second kappa shape index (κ2) is 5.65. The van der Waals surface area contributed by atoms with Crippen molar-refractivity contribution in [2.24, 2.45) is 11.8 Å². The van der Waals surface area contributed by atoms with E-state index in [0.717, 1.165) is 42.8 Å². The lowest BCUT2D eigenvalue weighted by Crippen LogP contribution is -2.19. The Bertz CT molecular complexity index is 426. The summed E-state index contributed by atoms with van der Waals surface area (Å²) in [4.78, 5) is 11.7. The zero-order valence-electron chi connectivity index (χ0n) is 10.9. The summed E-state index contributed by atoms with van der Waals surface area (Å²) in [7, 11) is 0. The first-order valence-electron chi connectivity index (χ1n) is 6.26. The van der Waals surface area contributed by atoms with Crippen LogP contribution < -0.4 is 4.72 Å². The fraction of sp³-hybridized carbons (Fsp3) is 0.500. The van der Waals surface area contributed by atoms with Crippen molar-refractivity contribution in [1.82, 2.24) is 4.72 Å². The van der Waals surface area contributed by atoms with Gasteiger partial charge in [0.25, 0.3) is 0 Å². The first-order chi connectivity index (χ1) is 8.63. The number of carbonyl (C=O) groups is 1. The summed E-state index contributed by atoms with van der Waals surface area (Å²) in [5.41, 5.74) is 2.39. The number of rotatable bonds is 5. The molecular weight excluding hydrogens is 246 g/mol. The quantitative estimate of drug-likeness (QED) is 0.469. The average Bonchev–Trinajstić information content (AvgIpc) is 3.12. The molecule has 2 rings (SSSR count). The van der Waals surface area contributed by atoms with Crippen LogP contribution in [-0.4, -0.2) is 5.91 Å². The number of hydrogen-bond acceptors (Lipinski definition) is 3. The van der Waals surface area contributed by atoms with Crippen LogP contribution in [0, 0.1) is 11.8 Å². The molecule has 0 unspecified atom stereocenters. The molecule has 0 heterocycles. The highest BCUT2D eigenvalue weighted by atomic mass is 32.2. The van der Waals surface area contributed by atoms with Gasteiger partial charge in [-0.1, -0.05) is 12.2 Å². The lowest BCUT2D eigenvalue weighted by Gasteiger charge is -2.16. The Labute approximate surface area is 113 Å². The lowest BCUT2D eigenvalue weighted by atomic mass is 10.00. The van der Waals surface area contributed by atoms with Crippen molar-refractivity contribution >= 4 is 18.1 Å². The van der Waals surface area contributed by atoms with E-state index in [-0.39, 0.29) is 11.8 Å². The van der Waals surface area contributed by atoms with Crippen LogP contribution >= 0.6 is 12.2 Å². The van der Waals surface area contributed by atoms with E-state index in [1.54, 1.807) is 0 Å². The van der Waals surface area contributed by atoms with Gasteiger partial charge in [-0.05, 0) is 50.2 Å². The topological polar surface area (TPSA) is 38.3 Å². The zero-order chi connectivity index (χ0) is 13.1. The van der Waals surface area contributed by atoms with E-state index < -0.39 is 0 Å². The summed E-state index contributed by atoms with van der Waals surface area (Å²) >= 11 is 1.02. The maximum atomic E-state index is 11.7. The highest BCUT2D eigenvalue weighted by molar-refractivity contribution is 7.93. The zero-order valence-corrected chi connectivity index (χ0v) is 11.7. The van der Waals surface area contributed by atoms with Crippen LogP contribution in [0.2, 0.25) is 0 Å². The van der Waals surface area contributed by atoms with E-state index in [2.05, 4.69) is 24.3 Å². The number of hydrogen-bond donors (Lipinski definition) is 1. The Balaban J connectivity index is 1.77. The van der Waals surface area contributed by atoms with Gasteiger partial charge in [-0.15, -0.1) is 6.58 Å². The van der Waals surface area contributed by atoms with Gasteiger partial charge in [0.1, 0.15) is 5.76 Å². The minimum Gasteiger partial charge on any atom is -0.405 e. The smallest absolute Gasteiger partial charge is 0.236 e. The summed E-state index contributed by atoms with van der Waals surface area (Å²) in [5.74, 6) is 1.39. The van der Waals surface area contributed by atoms with Gasteiger partial charge >= 0.3 is 0 Å². The normalized spacial score (nSPS) is 26.4. The van der Waals surface area contributed by atoms with Crippen molar-refractivity contribution in [2.75, 3.05) is 0 Å². The molecule has 0 spiro atoms. The van der Waals surface area contributed by atoms with Crippen LogP contribution in [0.4, 0.5) is 0 Å². The number of amides is 1. The molecule has 2 aliphatic rings. The van der Waals surface area contributed by atoms with Crippen LogP contribution in [0.3, 0.4) is 0 Å². The molecule has 0 radical (unpaired) electrons. The Morgan fingerprint density at radius 1 is 1.61 bits per heavy atom. The highest BCUT2D eigenvalue weighted by Crippen LogP contribution is 2.39. The molecule has 18 heavy (non-hydrogen) atoms. The van der Waals surface area contributed by atoms with Crippen molar-refractivity contribution in [3.05, 3.63) is 35.6 Å². The summed E-state index contributed by atoms with van der Waals surface area (Å²) in [5, 5.41) is 0. The molecule has 98 valence electrons. The van der Waals surface area contributed by atoms with Gasteiger partial charge in [0, 0.05) is 5.92 Å². The van der Waals surface area contributed by atoms with Crippen LogP contribution in [0.5, 0.6) is 0 Å². The second-order valence-electron chi connectivity index (χ2n) is 4.91. The van der Waals surface area contributed by atoms with E-state index in [0.29, 0.717) is 5.92 Å². The molecule has 0 aromatic heterocycles. The molecule has 0 saturated heterocycles. The van der Waals surface area contributed by atoms with Gasteiger partial charge in [-0.2, -0.15) is 0 Å². The molecule has 0 aliphatic heterocycles. The van der Waals surface area contributed by atoms with Gasteiger partial charge in [-0.25, -0.2) is 0 Å². The number of nitrogens with one attached hydrogen (secondary N) is 1. The Hall–Kier alpha value is -1.16. The standard InChI is InChI=1S/C14H19NO2S/c1-4-11-8-12(11)14(16)15-18-17-13-9(2)6-5-7-10(13)3/h4,6,11-12H,1,5,7-8H2,2-3H3,(H,15,16)/t11-,12+/m1/s1. The van der Waals surface area contributed by atoms with E-state index in [1.165, 1.54) is 5.57 Å². The Morgan fingerprint density at radius 2 is 2.39 bits per heavy atom. The maximum absolute atomic E-state index is 11.7. The predicted octanol–water partition coefficient (Wildman–Crippen LogP) is 3.52. The Kier molecular flexibility index (Phi) is 4.17. The molecule has 1 amide bonds. The molecule has 2 atom stereocenters. The molecule has 1 fully saturated rings. The van der Waals surface area contributed by atoms with Crippen molar-refractivity contribution in [3.8, 4) is 0 Å². The largest absolute Gasteiger partial charge is 0.405 e. The summed E-state index contributed by atoms with van der Waals surface area (Å²) in [6, 6.07) is 0. The first-order valence-corrected chi connectivity index (χ1v) is 7.00. The fourth-order valence-electron chi connectivity index (χ4n) is 2.14. The van der Waals surface area contributed by atoms with Crippen molar-refractivity contribution < 1.29 is 8.98 Å². The summed E-state index contributed by atoms with van der Waals surface area (Å²) < 4.78 is 8.34. The van der Waals surface area contributed by atoms with Gasteiger partial charge in [0.05, 0.1) is 0 Å². The number of carbonyl (C=O) groups excluding carboxylic acids is 1.